The highest BCUT2D eigenvalue weighted by atomic mass is 32.2. The van der Waals surface area contributed by atoms with Crippen molar-refractivity contribution in [2.24, 2.45) is 0 Å². The molecule has 0 aromatic heterocycles. The molecule has 9 heteroatoms. The summed E-state index contributed by atoms with van der Waals surface area (Å²) in [6.45, 7) is 0. The number of benzene rings is 3. The largest absolute Gasteiger partial charge is 0.507 e. The fourth-order valence-electron chi connectivity index (χ4n) is 2.38. The Morgan fingerprint density at radius 3 is 2.07 bits per heavy atom. The van der Waals surface area contributed by atoms with Gasteiger partial charge in [0.1, 0.15) is 22.9 Å². The summed E-state index contributed by atoms with van der Waals surface area (Å²) in [5.74, 6) is -2.78. The Morgan fingerprint density at radius 1 is 0.857 bits per heavy atom. The fraction of sp³-hybridized carbons (Fsp3) is 0. The maximum absolute atomic E-state index is 13.7. The van der Waals surface area contributed by atoms with Crippen molar-refractivity contribution in [1.29, 1.82) is 0 Å². The molecule has 6 nitrogen and oxygen atoms in total. The number of aromatic hydroxyl groups is 1. The van der Waals surface area contributed by atoms with Crippen LogP contribution >= 0.6 is 0 Å². The van der Waals surface area contributed by atoms with E-state index in [4.69, 9.17) is 0 Å². The first-order chi connectivity index (χ1) is 13.3. The molecule has 0 heterocycles. The number of phenolic OH excluding ortho intramolecular Hbond substituents is 1. The first-order valence-corrected chi connectivity index (χ1v) is 9.42. The van der Waals surface area contributed by atoms with Crippen molar-refractivity contribution < 1.29 is 27.1 Å². The molecule has 144 valence electrons. The van der Waals surface area contributed by atoms with Crippen molar-refractivity contribution in [3.8, 4) is 5.75 Å². The van der Waals surface area contributed by atoms with Gasteiger partial charge in [-0.3, -0.25) is 9.52 Å². The van der Waals surface area contributed by atoms with Gasteiger partial charge in [-0.1, -0.05) is 6.07 Å². The van der Waals surface area contributed by atoms with Crippen molar-refractivity contribution >= 4 is 27.3 Å². The monoisotopic (exact) mass is 404 g/mol. The van der Waals surface area contributed by atoms with Crippen LogP contribution in [0.5, 0.6) is 5.75 Å². The van der Waals surface area contributed by atoms with Gasteiger partial charge in [-0.15, -0.1) is 0 Å². The quantitative estimate of drug-likeness (QED) is 0.604. The van der Waals surface area contributed by atoms with Gasteiger partial charge >= 0.3 is 0 Å². The van der Waals surface area contributed by atoms with Gasteiger partial charge in [0.05, 0.1) is 4.90 Å². The third-order valence-corrected chi connectivity index (χ3v) is 5.13. The highest BCUT2D eigenvalue weighted by Crippen LogP contribution is 2.23. The number of rotatable bonds is 5. The van der Waals surface area contributed by atoms with Gasteiger partial charge in [0.2, 0.25) is 0 Å². The molecule has 0 bridgehead atoms. The lowest BCUT2D eigenvalue weighted by atomic mass is 10.1. The molecule has 28 heavy (non-hydrogen) atoms. The molecule has 0 saturated carbocycles. The van der Waals surface area contributed by atoms with Crippen LogP contribution in [0.15, 0.2) is 71.6 Å². The average molecular weight is 404 g/mol. The number of anilines is 2. The molecule has 0 fully saturated rings. The SMILES string of the molecule is O=C(Nc1ccc(NS(=O)(=O)c2ccc(F)cc2)cc1)c1c(O)cccc1F. The summed E-state index contributed by atoms with van der Waals surface area (Å²) < 4.78 is 53.5. The zero-order valence-electron chi connectivity index (χ0n) is 14.2. The summed E-state index contributed by atoms with van der Waals surface area (Å²) in [7, 11) is -3.91. The molecule has 3 aromatic rings. The van der Waals surface area contributed by atoms with Gasteiger partial charge in [0, 0.05) is 11.4 Å². The topological polar surface area (TPSA) is 95.5 Å². The van der Waals surface area contributed by atoms with E-state index in [1.807, 2.05) is 0 Å². The van der Waals surface area contributed by atoms with Crippen LogP contribution in [0.1, 0.15) is 10.4 Å². The highest BCUT2D eigenvalue weighted by molar-refractivity contribution is 7.92. The number of carbonyl (C=O) groups is 1. The lowest BCUT2D eigenvalue weighted by molar-refractivity contribution is 0.102. The summed E-state index contributed by atoms with van der Waals surface area (Å²) >= 11 is 0. The normalized spacial score (nSPS) is 11.1. The number of halogens is 2. The number of carbonyl (C=O) groups excluding carboxylic acids is 1. The molecule has 0 aliphatic carbocycles. The van der Waals surface area contributed by atoms with Crippen molar-refractivity contribution in [1.82, 2.24) is 0 Å². The number of hydrogen-bond donors (Lipinski definition) is 3. The van der Waals surface area contributed by atoms with Crippen LogP contribution in [0.4, 0.5) is 20.2 Å². The standard InChI is InChI=1S/C19H14F2N2O4S/c20-12-4-10-15(11-5-12)28(26,27)23-14-8-6-13(7-9-14)22-19(25)18-16(21)2-1-3-17(18)24/h1-11,23-24H,(H,22,25). The molecule has 0 aliphatic rings. The van der Waals surface area contributed by atoms with Gasteiger partial charge in [-0.05, 0) is 60.7 Å². The first-order valence-electron chi connectivity index (χ1n) is 7.93. The summed E-state index contributed by atoms with van der Waals surface area (Å²) in [4.78, 5) is 12.0. The lowest BCUT2D eigenvalue weighted by Crippen LogP contribution is -2.15. The molecule has 1 amide bonds. The molecule has 3 rings (SSSR count). The summed E-state index contributed by atoms with van der Waals surface area (Å²) in [6.07, 6.45) is 0. The van der Waals surface area contributed by atoms with Crippen molar-refractivity contribution in [2.45, 2.75) is 4.90 Å². The van der Waals surface area contributed by atoms with Gasteiger partial charge in [0.15, 0.2) is 0 Å². The highest BCUT2D eigenvalue weighted by Gasteiger charge is 2.17. The van der Waals surface area contributed by atoms with E-state index < -0.39 is 38.9 Å². The minimum atomic E-state index is -3.91. The second-order valence-corrected chi connectivity index (χ2v) is 7.41. The van der Waals surface area contributed by atoms with E-state index in [-0.39, 0.29) is 16.3 Å². The number of hydrogen-bond acceptors (Lipinski definition) is 4. The third-order valence-electron chi connectivity index (χ3n) is 3.74. The van der Waals surface area contributed by atoms with E-state index in [0.29, 0.717) is 0 Å². The summed E-state index contributed by atoms with van der Waals surface area (Å²) in [5.41, 5.74) is -0.0305. The maximum Gasteiger partial charge on any atom is 0.262 e. The van der Waals surface area contributed by atoms with E-state index >= 15 is 0 Å². The Kier molecular flexibility index (Phi) is 5.27. The van der Waals surface area contributed by atoms with Crippen LogP contribution < -0.4 is 10.0 Å². The molecule has 3 N–H and O–H groups in total. The molecule has 0 unspecified atom stereocenters. The van der Waals surface area contributed by atoms with Gasteiger partial charge in [-0.2, -0.15) is 0 Å². The van der Waals surface area contributed by atoms with Gasteiger partial charge < -0.3 is 10.4 Å². The second-order valence-electron chi connectivity index (χ2n) is 5.72. The third kappa shape index (κ3) is 4.26. The Bertz CT molecular complexity index is 1100. The van der Waals surface area contributed by atoms with Crippen LogP contribution in [-0.2, 0) is 10.0 Å². The molecule has 0 saturated heterocycles. The molecule has 3 aromatic carbocycles. The van der Waals surface area contributed by atoms with E-state index in [1.165, 1.54) is 36.4 Å². The van der Waals surface area contributed by atoms with Crippen LogP contribution in [0.2, 0.25) is 0 Å². The Morgan fingerprint density at radius 2 is 1.46 bits per heavy atom. The van der Waals surface area contributed by atoms with Crippen molar-refractivity contribution in [3.05, 3.63) is 83.9 Å². The predicted octanol–water partition coefficient (Wildman–Crippen LogP) is 3.72. The summed E-state index contributed by atoms with van der Waals surface area (Å²) in [6, 6.07) is 13.4. The molecular weight excluding hydrogens is 390 g/mol. The maximum atomic E-state index is 13.7. The van der Waals surface area contributed by atoms with Gasteiger partial charge in [-0.25, -0.2) is 17.2 Å². The Hall–Kier alpha value is -3.46. The average Bonchev–Trinajstić information content (AvgIpc) is 2.63. The molecule has 0 atom stereocenters. The van der Waals surface area contributed by atoms with Crippen molar-refractivity contribution in [3.63, 3.8) is 0 Å². The Labute approximate surface area is 159 Å². The molecule has 0 aliphatic heterocycles. The first kappa shape index (κ1) is 19.3. The van der Waals surface area contributed by atoms with E-state index in [9.17, 15) is 27.1 Å². The number of sulfonamides is 1. The molecular formula is C19H14F2N2O4S. The van der Waals surface area contributed by atoms with Crippen LogP contribution in [0.25, 0.3) is 0 Å². The second kappa shape index (κ2) is 7.65. The number of nitrogens with one attached hydrogen (secondary N) is 2. The minimum absolute atomic E-state index is 0.110. The Balaban J connectivity index is 1.73. The minimum Gasteiger partial charge on any atom is -0.507 e. The van der Waals surface area contributed by atoms with Crippen molar-refractivity contribution in [2.75, 3.05) is 10.0 Å². The van der Waals surface area contributed by atoms with Crippen LogP contribution in [0, 0.1) is 11.6 Å². The predicted molar refractivity (Wildman–Crippen MR) is 99.7 cm³/mol. The van der Waals surface area contributed by atoms with Gasteiger partial charge in [0.25, 0.3) is 15.9 Å². The van der Waals surface area contributed by atoms with E-state index in [0.717, 1.165) is 30.3 Å². The fourth-order valence-corrected chi connectivity index (χ4v) is 3.44. The van der Waals surface area contributed by atoms with Crippen LogP contribution in [0.3, 0.4) is 0 Å². The van der Waals surface area contributed by atoms with Crippen LogP contribution in [-0.4, -0.2) is 19.4 Å². The zero-order valence-corrected chi connectivity index (χ0v) is 15.0. The zero-order chi connectivity index (χ0) is 20.3. The number of amides is 1. The molecule has 0 radical (unpaired) electrons. The van der Waals surface area contributed by atoms with E-state index in [1.54, 1.807) is 0 Å². The number of phenols is 1. The summed E-state index contributed by atoms with van der Waals surface area (Å²) in [5, 5.41) is 12.0. The van der Waals surface area contributed by atoms with E-state index in [2.05, 4.69) is 10.0 Å². The smallest absolute Gasteiger partial charge is 0.262 e. The lowest BCUT2D eigenvalue weighted by Gasteiger charge is -2.10. The molecule has 0 spiro atoms.